The van der Waals surface area contributed by atoms with Gasteiger partial charge in [0.2, 0.25) is 10.0 Å². The Kier molecular flexibility index (Phi) is 4.04. The predicted molar refractivity (Wildman–Crippen MR) is 69.5 cm³/mol. The minimum absolute atomic E-state index is 0.0695. The summed E-state index contributed by atoms with van der Waals surface area (Å²) in [5.74, 6) is 0.538. The minimum atomic E-state index is -3.38. The first-order chi connectivity index (χ1) is 8.57. The Morgan fingerprint density at radius 2 is 1.89 bits per heavy atom. The van der Waals surface area contributed by atoms with Crippen molar-refractivity contribution in [3.05, 3.63) is 29.8 Å². The second kappa shape index (κ2) is 5.38. The standard InChI is InChI=1S/C13H19NO3S/c1-2-14(9-11-3-4-11)18(16,17)13-7-5-12(10-15)6-8-13/h5-8,11,15H,2-4,9-10H2,1H3. The SMILES string of the molecule is CCN(CC1CC1)S(=O)(=O)c1ccc(CO)cc1. The predicted octanol–water partition coefficient (Wildman–Crippen LogP) is 1.60. The van der Waals surface area contributed by atoms with E-state index in [1.54, 1.807) is 28.6 Å². The van der Waals surface area contributed by atoms with Gasteiger partial charge >= 0.3 is 0 Å². The lowest BCUT2D eigenvalue weighted by molar-refractivity contribution is 0.281. The number of nitrogens with zero attached hydrogens (tertiary/aromatic N) is 1. The first-order valence-electron chi connectivity index (χ1n) is 6.28. The van der Waals surface area contributed by atoms with Gasteiger partial charge in [0.25, 0.3) is 0 Å². The van der Waals surface area contributed by atoms with Crippen LogP contribution in [0, 0.1) is 5.92 Å². The van der Waals surface area contributed by atoms with Crippen molar-refractivity contribution in [1.29, 1.82) is 0 Å². The Morgan fingerprint density at radius 3 is 2.33 bits per heavy atom. The third-order valence-corrected chi connectivity index (χ3v) is 5.21. The van der Waals surface area contributed by atoms with Crippen LogP contribution < -0.4 is 0 Å². The molecule has 1 N–H and O–H groups in total. The summed E-state index contributed by atoms with van der Waals surface area (Å²) >= 11 is 0. The molecule has 0 saturated heterocycles. The molecule has 0 aromatic heterocycles. The van der Waals surface area contributed by atoms with Crippen molar-refractivity contribution < 1.29 is 13.5 Å². The number of hydrogen-bond acceptors (Lipinski definition) is 3. The van der Waals surface area contributed by atoms with E-state index in [1.165, 1.54) is 0 Å². The van der Waals surface area contributed by atoms with Gasteiger partial charge in [0, 0.05) is 13.1 Å². The fourth-order valence-electron chi connectivity index (χ4n) is 1.90. The van der Waals surface area contributed by atoms with E-state index in [1.807, 2.05) is 6.92 Å². The van der Waals surface area contributed by atoms with Gasteiger partial charge in [-0.1, -0.05) is 19.1 Å². The summed E-state index contributed by atoms with van der Waals surface area (Å²) in [4.78, 5) is 0.308. The van der Waals surface area contributed by atoms with Crippen LogP contribution in [0.3, 0.4) is 0 Å². The van der Waals surface area contributed by atoms with Gasteiger partial charge in [-0.25, -0.2) is 8.42 Å². The second-order valence-electron chi connectivity index (χ2n) is 4.70. The molecule has 1 saturated carbocycles. The Bertz CT molecular complexity index is 491. The van der Waals surface area contributed by atoms with E-state index in [0.29, 0.717) is 23.9 Å². The quantitative estimate of drug-likeness (QED) is 0.853. The zero-order valence-electron chi connectivity index (χ0n) is 10.5. The molecule has 2 rings (SSSR count). The monoisotopic (exact) mass is 269 g/mol. The van der Waals surface area contributed by atoms with Gasteiger partial charge in [0.15, 0.2) is 0 Å². The van der Waals surface area contributed by atoms with Gasteiger partial charge in [-0.3, -0.25) is 0 Å². The van der Waals surface area contributed by atoms with Crippen LogP contribution >= 0.6 is 0 Å². The van der Waals surface area contributed by atoms with Crippen LogP contribution in [0.25, 0.3) is 0 Å². The van der Waals surface area contributed by atoms with E-state index in [4.69, 9.17) is 5.11 Å². The van der Waals surface area contributed by atoms with Crippen molar-refractivity contribution in [2.75, 3.05) is 13.1 Å². The summed E-state index contributed by atoms with van der Waals surface area (Å²) in [5, 5.41) is 8.95. The summed E-state index contributed by atoms with van der Waals surface area (Å²) < 4.78 is 26.3. The first-order valence-corrected chi connectivity index (χ1v) is 7.72. The first kappa shape index (κ1) is 13.5. The van der Waals surface area contributed by atoms with Crippen LogP contribution in [-0.4, -0.2) is 30.9 Å². The van der Waals surface area contributed by atoms with Gasteiger partial charge in [0.05, 0.1) is 11.5 Å². The van der Waals surface area contributed by atoms with Crippen molar-refractivity contribution in [3.8, 4) is 0 Å². The molecule has 0 heterocycles. The Balaban J connectivity index is 2.21. The molecule has 1 fully saturated rings. The topological polar surface area (TPSA) is 57.6 Å². The number of sulfonamides is 1. The molecule has 0 aliphatic heterocycles. The summed E-state index contributed by atoms with van der Waals surface area (Å²) in [7, 11) is -3.38. The Morgan fingerprint density at radius 1 is 1.28 bits per heavy atom. The maximum atomic E-state index is 12.4. The van der Waals surface area contributed by atoms with Crippen molar-refractivity contribution in [2.45, 2.75) is 31.3 Å². The van der Waals surface area contributed by atoms with E-state index < -0.39 is 10.0 Å². The van der Waals surface area contributed by atoms with E-state index >= 15 is 0 Å². The molecule has 4 nitrogen and oxygen atoms in total. The number of rotatable bonds is 6. The molecule has 5 heteroatoms. The molecule has 1 aliphatic rings. The van der Waals surface area contributed by atoms with Crippen LogP contribution in [0.2, 0.25) is 0 Å². The maximum absolute atomic E-state index is 12.4. The largest absolute Gasteiger partial charge is 0.392 e. The highest BCUT2D eigenvalue weighted by atomic mass is 32.2. The van der Waals surface area contributed by atoms with E-state index in [9.17, 15) is 8.42 Å². The minimum Gasteiger partial charge on any atom is -0.392 e. The molecule has 0 spiro atoms. The van der Waals surface area contributed by atoms with Crippen LogP contribution in [-0.2, 0) is 16.6 Å². The summed E-state index contributed by atoms with van der Waals surface area (Å²) in [6.45, 7) is 2.92. The Hall–Kier alpha value is -0.910. The maximum Gasteiger partial charge on any atom is 0.243 e. The normalized spacial score (nSPS) is 16.2. The van der Waals surface area contributed by atoms with Gasteiger partial charge in [0.1, 0.15) is 0 Å². The number of hydrogen-bond donors (Lipinski definition) is 1. The van der Waals surface area contributed by atoms with Gasteiger partial charge in [-0.15, -0.1) is 0 Å². The van der Waals surface area contributed by atoms with Crippen molar-refractivity contribution >= 4 is 10.0 Å². The smallest absolute Gasteiger partial charge is 0.243 e. The number of benzene rings is 1. The van der Waals surface area contributed by atoms with E-state index in [0.717, 1.165) is 18.4 Å². The van der Waals surface area contributed by atoms with Crippen molar-refractivity contribution in [1.82, 2.24) is 4.31 Å². The zero-order valence-corrected chi connectivity index (χ0v) is 11.4. The van der Waals surface area contributed by atoms with Crippen molar-refractivity contribution in [3.63, 3.8) is 0 Å². The van der Waals surface area contributed by atoms with Crippen LogP contribution in [0.4, 0.5) is 0 Å². The molecular formula is C13H19NO3S. The highest BCUT2D eigenvalue weighted by Gasteiger charge is 2.30. The summed E-state index contributed by atoms with van der Waals surface area (Å²) in [5.41, 5.74) is 0.721. The molecule has 1 aromatic carbocycles. The summed E-state index contributed by atoms with van der Waals surface area (Å²) in [6, 6.07) is 6.43. The third-order valence-electron chi connectivity index (χ3n) is 3.26. The molecular weight excluding hydrogens is 250 g/mol. The molecule has 0 bridgehead atoms. The van der Waals surface area contributed by atoms with Crippen LogP contribution in [0.15, 0.2) is 29.2 Å². The molecule has 18 heavy (non-hydrogen) atoms. The Labute approximate surface area is 108 Å². The highest BCUT2D eigenvalue weighted by Crippen LogP contribution is 2.31. The second-order valence-corrected chi connectivity index (χ2v) is 6.64. The van der Waals surface area contributed by atoms with E-state index in [2.05, 4.69) is 0 Å². The molecule has 0 atom stereocenters. The fraction of sp³-hybridized carbons (Fsp3) is 0.538. The number of aliphatic hydroxyl groups excluding tert-OH is 1. The average molecular weight is 269 g/mol. The van der Waals surface area contributed by atoms with Gasteiger partial charge in [-0.2, -0.15) is 4.31 Å². The lowest BCUT2D eigenvalue weighted by atomic mass is 10.2. The zero-order chi connectivity index (χ0) is 13.2. The lowest BCUT2D eigenvalue weighted by Crippen LogP contribution is -2.32. The number of aliphatic hydroxyl groups is 1. The van der Waals surface area contributed by atoms with Crippen molar-refractivity contribution in [2.24, 2.45) is 5.92 Å². The van der Waals surface area contributed by atoms with E-state index in [-0.39, 0.29) is 6.61 Å². The molecule has 1 aromatic rings. The molecule has 0 unspecified atom stereocenters. The van der Waals surface area contributed by atoms with Gasteiger partial charge < -0.3 is 5.11 Å². The summed E-state index contributed by atoms with van der Waals surface area (Å²) in [6.07, 6.45) is 2.27. The van der Waals surface area contributed by atoms with Gasteiger partial charge in [-0.05, 0) is 36.5 Å². The average Bonchev–Trinajstić information content (AvgIpc) is 3.19. The fourth-order valence-corrected chi connectivity index (χ4v) is 3.43. The lowest BCUT2D eigenvalue weighted by Gasteiger charge is -2.20. The third kappa shape index (κ3) is 2.91. The molecule has 0 amide bonds. The van der Waals surface area contributed by atoms with Crippen LogP contribution in [0.1, 0.15) is 25.3 Å². The molecule has 100 valence electrons. The molecule has 1 aliphatic carbocycles. The van der Waals surface area contributed by atoms with Crippen LogP contribution in [0.5, 0.6) is 0 Å². The highest BCUT2D eigenvalue weighted by molar-refractivity contribution is 7.89. The molecule has 0 radical (unpaired) electrons.